The van der Waals surface area contributed by atoms with Crippen molar-refractivity contribution in [3.63, 3.8) is 0 Å². The van der Waals surface area contributed by atoms with Gasteiger partial charge in [-0.05, 0) is 48.9 Å². The number of pyridine rings is 1. The zero-order valence-electron chi connectivity index (χ0n) is 15.6. The van der Waals surface area contributed by atoms with E-state index in [1.54, 1.807) is 29.0 Å². The Morgan fingerprint density at radius 3 is 2.97 bits per heavy atom. The first kappa shape index (κ1) is 17.4. The lowest BCUT2D eigenvalue weighted by molar-refractivity contribution is -0.118. The van der Waals surface area contributed by atoms with E-state index in [4.69, 9.17) is 4.74 Å². The van der Waals surface area contributed by atoms with E-state index < -0.39 is 0 Å². The number of aryl methyl sites for hydroxylation is 1. The summed E-state index contributed by atoms with van der Waals surface area (Å²) in [6.07, 6.45) is 3.47. The lowest BCUT2D eigenvalue weighted by atomic mass is 10.2. The van der Waals surface area contributed by atoms with Gasteiger partial charge in [0.1, 0.15) is 11.6 Å². The third-order valence-electron chi connectivity index (χ3n) is 5.08. The Labute approximate surface area is 166 Å². The lowest BCUT2D eigenvalue weighted by Gasteiger charge is -2.10. The summed E-state index contributed by atoms with van der Waals surface area (Å²) >= 11 is 0. The first-order valence-corrected chi connectivity index (χ1v) is 9.49. The van der Waals surface area contributed by atoms with Crippen molar-refractivity contribution in [3.05, 3.63) is 70.9 Å². The molecule has 7 heteroatoms. The van der Waals surface area contributed by atoms with Gasteiger partial charge in [-0.25, -0.2) is 4.98 Å². The van der Waals surface area contributed by atoms with Crippen LogP contribution in [0.25, 0.3) is 21.8 Å². The Bertz CT molecular complexity index is 1310. The Balaban J connectivity index is 1.34. The number of hydrogen-bond acceptors (Lipinski definition) is 5. The predicted molar refractivity (Wildman–Crippen MR) is 110 cm³/mol. The van der Waals surface area contributed by atoms with Gasteiger partial charge in [0.15, 0.2) is 6.61 Å². The number of fused-ring (bicyclic) bond motifs is 3. The van der Waals surface area contributed by atoms with E-state index in [-0.39, 0.29) is 18.1 Å². The molecule has 0 aliphatic carbocycles. The van der Waals surface area contributed by atoms with Crippen LogP contribution in [0.2, 0.25) is 0 Å². The maximum absolute atomic E-state index is 12.7. The molecular formula is C22H18N4O3. The van der Waals surface area contributed by atoms with Gasteiger partial charge in [-0.1, -0.05) is 6.07 Å². The molecule has 3 heterocycles. The fourth-order valence-corrected chi connectivity index (χ4v) is 3.70. The van der Waals surface area contributed by atoms with Crippen LogP contribution in [0, 0.1) is 0 Å². The molecule has 0 spiro atoms. The molecule has 1 amide bonds. The Kier molecular flexibility index (Phi) is 4.20. The van der Waals surface area contributed by atoms with Gasteiger partial charge in [0, 0.05) is 24.5 Å². The highest BCUT2D eigenvalue weighted by molar-refractivity contribution is 6.01. The zero-order chi connectivity index (χ0) is 19.8. The Morgan fingerprint density at radius 1 is 1.10 bits per heavy atom. The first-order chi connectivity index (χ1) is 14.2. The maximum Gasteiger partial charge on any atom is 0.262 e. The molecule has 0 radical (unpaired) electrons. The summed E-state index contributed by atoms with van der Waals surface area (Å²) in [6, 6.07) is 14.4. The Hall–Kier alpha value is -3.74. The average molecular weight is 386 g/mol. The minimum absolute atomic E-state index is 0.0549. The van der Waals surface area contributed by atoms with Crippen molar-refractivity contribution in [3.8, 4) is 5.75 Å². The smallest absolute Gasteiger partial charge is 0.262 e. The van der Waals surface area contributed by atoms with Crippen LogP contribution in [0.4, 0.5) is 5.69 Å². The number of rotatable bonds is 4. The van der Waals surface area contributed by atoms with Crippen molar-refractivity contribution >= 4 is 33.4 Å². The normalized spacial score (nSPS) is 12.8. The zero-order valence-corrected chi connectivity index (χ0v) is 15.6. The third kappa shape index (κ3) is 3.20. The van der Waals surface area contributed by atoms with Crippen LogP contribution in [0.5, 0.6) is 5.75 Å². The van der Waals surface area contributed by atoms with Gasteiger partial charge in [-0.3, -0.25) is 19.1 Å². The molecule has 2 aromatic heterocycles. The van der Waals surface area contributed by atoms with Gasteiger partial charge >= 0.3 is 0 Å². The molecular weight excluding hydrogens is 368 g/mol. The molecule has 1 N–H and O–H groups in total. The topological polar surface area (TPSA) is 86.1 Å². The van der Waals surface area contributed by atoms with E-state index in [9.17, 15) is 9.59 Å². The van der Waals surface area contributed by atoms with Crippen LogP contribution >= 0.6 is 0 Å². The van der Waals surface area contributed by atoms with Gasteiger partial charge in [-0.15, -0.1) is 0 Å². The van der Waals surface area contributed by atoms with Gasteiger partial charge in [-0.2, -0.15) is 0 Å². The molecule has 0 saturated carbocycles. The number of aromatic nitrogens is 3. The van der Waals surface area contributed by atoms with Crippen molar-refractivity contribution in [1.29, 1.82) is 0 Å². The van der Waals surface area contributed by atoms with Crippen molar-refractivity contribution in [2.24, 2.45) is 0 Å². The number of nitrogens with zero attached hydrogens (tertiary/aromatic N) is 3. The number of hydrogen-bond donors (Lipinski definition) is 1. The molecule has 144 valence electrons. The summed E-state index contributed by atoms with van der Waals surface area (Å²) in [5.41, 5.74) is 2.09. The third-order valence-corrected chi connectivity index (χ3v) is 5.08. The lowest BCUT2D eigenvalue weighted by Crippen LogP contribution is -2.22. The van der Waals surface area contributed by atoms with E-state index in [1.165, 1.54) is 0 Å². The maximum atomic E-state index is 12.7. The summed E-state index contributed by atoms with van der Waals surface area (Å²) < 4.78 is 7.35. The quantitative estimate of drug-likeness (QED) is 0.583. The molecule has 29 heavy (non-hydrogen) atoms. The summed E-state index contributed by atoms with van der Waals surface area (Å²) in [5.74, 6) is 1.01. The van der Waals surface area contributed by atoms with Crippen LogP contribution in [0.15, 0.2) is 59.5 Å². The average Bonchev–Trinajstić information content (AvgIpc) is 3.22. The number of anilines is 1. The molecule has 7 nitrogen and oxygen atoms in total. The molecule has 0 unspecified atom stereocenters. The number of ether oxygens (including phenoxy) is 1. The molecule has 0 atom stereocenters. The number of benzene rings is 2. The molecule has 2 aromatic carbocycles. The summed E-state index contributed by atoms with van der Waals surface area (Å²) in [5, 5.41) is 4.23. The summed E-state index contributed by atoms with van der Waals surface area (Å²) in [7, 11) is 0. The van der Waals surface area contributed by atoms with Crippen molar-refractivity contribution in [2.45, 2.75) is 19.4 Å². The molecule has 1 aliphatic heterocycles. The molecule has 5 rings (SSSR count). The fourth-order valence-electron chi connectivity index (χ4n) is 3.70. The van der Waals surface area contributed by atoms with E-state index in [2.05, 4.69) is 15.3 Å². The van der Waals surface area contributed by atoms with E-state index in [0.717, 1.165) is 29.6 Å². The fraction of sp³-hybridized carbons (Fsp3) is 0.182. The molecule has 0 bridgehead atoms. The van der Waals surface area contributed by atoms with E-state index in [1.807, 2.05) is 30.3 Å². The standard InChI is InChI=1S/C22H18N4O3/c27-21(25-18-6-1-5-17-15(18)4-2-10-23-17)13-29-14-8-9-19-16(12-14)22(28)26-11-3-7-20(26)24-19/h1-2,4-6,8-10,12H,3,7,11,13H2,(H,25,27). The minimum atomic E-state index is -0.287. The second-order valence-electron chi connectivity index (χ2n) is 6.98. The SMILES string of the molecule is O=C(COc1ccc2nc3n(c(=O)c2c1)CCC3)Nc1cccc2ncccc12. The van der Waals surface area contributed by atoms with Gasteiger partial charge in [0.05, 0.1) is 22.1 Å². The monoisotopic (exact) mass is 386 g/mol. The van der Waals surface area contributed by atoms with Crippen LogP contribution in [-0.2, 0) is 17.8 Å². The van der Waals surface area contributed by atoms with Crippen LogP contribution < -0.4 is 15.6 Å². The minimum Gasteiger partial charge on any atom is -0.484 e. The van der Waals surface area contributed by atoms with Crippen molar-refractivity contribution in [1.82, 2.24) is 14.5 Å². The summed E-state index contributed by atoms with van der Waals surface area (Å²) in [4.78, 5) is 33.9. The first-order valence-electron chi connectivity index (χ1n) is 9.49. The van der Waals surface area contributed by atoms with Crippen LogP contribution in [0.3, 0.4) is 0 Å². The van der Waals surface area contributed by atoms with Crippen molar-refractivity contribution in [2.75, 3.05) is 11.9 Å². The number of nitrogens with one attached hydrogen (secondary N) is 1. The van der Waals surface area contributed by atoms with E-state index >= 15 is 0 Å². The number of amides is 1. The molecule has 0 saturated heterocycles. The highest BCUT2D eigenvalue weighted by Crippen LogP contribution is 2.22. The van der Waals surface area contributed by atoms with Crippen LogP contribution in [0.1, 0.15) is 12.2 Å². The van der Waals surface area contributed by atoms with Crippen molar-refractivity contribution < 1.29 is 9.53 Å². The van der Waals surface area contributed by atoms with Gasteiger partial charge in [0.25, 0.3) is 11.5 Å². The number of carbonyl (C=O) groups excluding carboxylic acids is 1. The Morgan fingerprint density at radius 2 is 2.03 bits per heavy atom. The second-order valence-corrected chi connectivity index (χ2v) is 6.98. The molecule has 4 aromatic rings. The number of carbonyl (C=O) groups is 1. The molecule has 1 aliphatic rings. The van der Waals surface area contributed by atoms with Gasteiger partial charge < -0.3 is 10.1 Å². The largest absolute Gasteiger partial charge is 0.484 e. The van der Waals surface area contributed by atoms with Crippen LogP contribution in [-0.4, -0.2) is 27.0 Å². The molecule has 0 fully saturated rings. The highest BCUT2D eigenvalue weighted by atomic mass is 16.5. The summed E-state index contributed by atoms with van der Waals surface area (Å²) in [6.45, 7) is 0.534. The van der Waals surface area contributed by atoms with Gasteiger partial charge in [0.2, 0.25) is 0 Å². The second kappa shape index (κ2) is 7.01. The predicted octanol–water partition coefficient (Wildman–Crippen LogP) is 2.91. The highest BCUT2D eigenvalue weighted by Gasteiger charge is 2.16. The van der Waals surface area contributed by atoms with E-state index in [0.29, 0.717) is 28.9 Å².